The number of methoxy groups -OCH3 is 1. The molecule has 7 nitrogen and oxygen atoms in total. The van der Waals surface area contributed by atoms with E-state index in [2.05, 4.69) is 27.2 Å². The molecule has 1 aliphatic heterocycles. The molecule has 4 rings (SSSR count). The fraction of sp³-hybridized carbons (Fsp3) is 0.375. The molecule has 1 N–H and O–H groups in total. The number of hydrogen-bond donors (Lipinski definition) is 1. The lowest BCUT2D eigenvalue weighted by Crippen LogP contribution is -2.38. The number of likely N-dealkylation sites (tertiary alicyclic amines) is 1. The molecule has 7 heteroatoms. The SMILES string of the molecule is COC(=O)c1ccc(-c2noc(CN3CCC([C@@H](O)Cc4ccccc4)CC3)n2)cc1. The summed E-state index contributed by atoms with van der Waals surface area (Å²) in [6, 6.07) is 17.1. The van der Waals surface area contributed by atoms with Gasteiger partial charge in [-0.05, 0) is 56.0 Å². The molecule has 0 unspecified atom stereocenters. The predicted octanol–water partition coefficient (Wildman–Crippen LogP) is 3.34. The number of aliphatic hydroxyl groups is 1. The van der Waals surface area contributed by atoms with E-state index in [1.54, 1.807) is 24.3 Å². The van der Waals surface area contributed by atoms with Crippen LogP contribution in [0.5, 0.6) is 0 Å². The molecule has 0 aliphatic carbocycles. The topological polar surface area (TPSA) is 88.7 Å². The van der Waals surface area contributed by atoms with Gasteiger partial charge in [0.2, 0.25) is 11.7 Å². The predicted molar refractivity (Wildman–Crippen MR) is 115 cm³/mol. The third-order valence-electron chi connectivity index (χ3n) is 5.86. The van der Waals surface area contributed by atoms with E-state index in [0.29, 0.717) is 36.2 Å². The maximum absolute atomic E-state index is 11.6. The minimum absolute atomic E-state index is 0.308. The number of ether oxygens (including phenoxy) is 1. The minimum atomic E-state index is -0.377. The number of benzene rings is 2. The van der Waals surface area contributed by atoms with Crippen LogP contribution in [0.4, 0.5) is 0 Å². The van der Waals surface area contributed by atoms with Crippen LogP contribution >= 0.6 is 0 Å². The first-order valence-electron chi connectivity index (χ1n) is 10.6. The van der Waals surface area contributed by atoms with Crippen LogP contribution in [-0.4, -0.2) is 52.4 Å². The van der Waals surface area contributed by atoms with Gasteiger partial charge in [0, 0.05) is 5.56 Å². The molecule has 1 atom stereocenters. The Hall–Kier alpha value is -3.03. The summed E-state index contributed by atoms with van der Waals surface area (Å²) in [4.78, 5) is 18.3. The quantitative estimate of drug-likeness (QED) is 0.585. The lowest BCUT2D eigenvalue weighted by atomic mass is 9.88. The molecule has 1 saturated heterocycles. The number of aliphatic hydroxyl groups excluding tert-OH is 1. The molecule has 162 valence electrons. The van der Waals surface area contributed by atoms with Crippen LogP contribution in [-0.2, 0) is 17.7 Å². The molecule has 0 bridgehead atoms. The zero-order chi connectivity index (χ0) is 21.6. The Balaban J connectivity index is 1.28. The van der Waals surface area contributed by atoms with Crippen LogP contribution in [0.2, 0.25) is 0 Å². The molecule has 31 heavy (non-hydrogen) atoms. The third kappa shape index (κ3) is 5.37. The first kappa shape index (κ1) is 21.2. The Kier molecular flexibility index (Phi) is 6.74. The minimum Gasteiger partial charge on any atom is -0.465 e. The summed E-state index contributed by atoms with van der Waals surface area (Å²) in [5.74, 6) is 0.996. The van der Waals surface area contributed by atoms with E-state index in [9.17, 15) is 9.90 Å². The molecular weight excluding hydrogens is 394 g/mol. The van der Waals surface area contributed by atoms with Crippen molar-refractivity contribution in [3.05, 3.63) is 71.6 Å². The van der Waals surface area contributed by atoms with Crippen molar-refractivity contribution in [2.45, 2.75) is 31.9 Å². The van der Waals surface area contributed by atoms with Gasteiger partial charge in [-0.1, -0.05) is 47.6 Å². The fourth-order valence-corrected chi connectivity index (χ4v) is 4.02. The summed E-state index contributed by atoms with van der Waals surface area (Å²) in [5, 5.41) is 14.7. The van der Waals surface area contributed by atoms with E-state index in [1.807, 2.05) is 18.2 Å². The van der Waals surface area contributed by atoms with Crippen molar-refractivity contribution in [3.63, 3.8) is 0 Å². The standard InChI is InChI=1S/C24H27N3O4/c1-30-24(29)20-9-7-19(8-10-20)23-25-22(31-26-23)16-27-13-11-18(12-14-27)21(28)15-17-5-3-2-4-6-17/h2-10,18,21,28H,11-16H2,1H3/t21-/m0/s1. The smallest absolute Gasteiger partial charge is 0.337 e. The van der Waals surface area contributed by atoms with Gasteiger partial charge in [0.25, 0.3) is 0 Å². The zero-order valence-corrected chi connectivity index (χ0v) is 17.6. The van der Waals surface area contributed by atoms with Crippen molar-refractivity contribution in [2.75, 3.05) is 20.2 Å². The summed E-state index contributed by atoms with van der Waals surface area (Å²) in [6.45, 7) is 2.37. The van der Waals surface area contributed by atoms with E-state index in [1.165, 1.54) is 12.7 Å². The lowest BCUT2D eigenvalue weighted by Gasteiger charge is -2.33. The number of carbonyl (C=O) groups is 1. The summed E-state index contributed by atoms with van der Waals surface area (Å²) in [6.07, 6.45) is 2.29. The van der Waals surface area contributed by atoms with E-state index < -0.39 is 0 Å². The Morgan fingerprint density at radius 1 is 1.16 bits per heavy atom. The maximum atomic E-state index is 11.6. The van der Waals surface area contributed by atoms with Gasteiger partial charge in [-0.25, -0.2) is 4.79 Å². The number of piperidine rings is 1. The molecule has 0 spiro atoms. The molecule has 1 fully saturated rings. The van der Waals surface area contributed by atoms with Gasteiger partial charge < -0.3 is 14.4 Å². The Morgan fingerprint density at radius 2 is 1.87 bits per heavy atom. The summed E-state index contributed by atoms with van der Waals surface area (Å²) in [7, 11) is 1.36. The second-order valence-electron chi connectivity index (χ2n) is 7.95. The highest BCUT2D eigenvalue weighted by Gasteiger charge is 2.26. The van der Waals surface area contributed by atoms with Crippen LogP contribution in [0, 0.1) is 5.92 Å². The van der Waals surface area contributed by atoms with Gasteiger partial charge in [0.05, 0.1) is 25.3 Å². The number of hydrogen-bond acceptors (Lipinski definition) is 7. The van der Waals surface area contributed by atoms with Gasteiger partial charge in [-0.2, -0.15) is 4.98 Å². The van der Waals surface area contributed by atoms with Gasteiger partial charge in [-0.15, -0.1) is 0 Å². The molecule has 0 amide bonds. The number of carbonyl (C=O) groups excluding carboxylic acids is 1. The summed E-state index contributed by atoms with van der Waals surface area (Å²) in [5.41, 5.74) is 2.44. The third-order valence-corrected chi connectivity index (χ3v) is 5.86. The van der Waals surface area contributed by atoms with Gasteiger partial charge >= 0.3 is 5.97 Å². The number of rotatable bonds is 7. The van der Waals surface area contributed by atoms with Crippen molar-refractivity contribution in [1.82, 2.24) is 15.0 Å². The van der Waals surface area contributed by atoms with Gasteiger partial charge in [0.1, 0.15) is 0 Å². The van der Waals surface area contributed by atoms with E-state index in [0.717, 1.165) is 31.5 Å². The first-order chi connectivity index (χ1) is 15.1. The fourth-order valence-electron chi connectivity index (χ4n) is 4.02. The molecule has 1 aromatic heterocycles. The first-order valence-corrected chi connectivity index (χ1v) is 10.6. The number of nitrogens with zero attached hydrogens (tertiary/aromatic N) is 3. The second kappa shape index (κ2) is 9.85. The van der Waals surface area contributed by atoms with Crippen LogP contribution in [0.15, 0.2) is 59.1 Å². The average molecular weight is 421 g/mol. The van der Waals surface area contributed by atoms with Gasteiger partial charge in [-0.3, -0.25) is 4.90 Å². The molecule has 0 radical (unpaired) electrons. The van der Waals surface area contributed by atoms with Crippen molar-refractivity contribution >= 4 is 5.97 Å². The van der Waals surface area contributed by atoms with Crippen LogP contribution in [0.3, 0.4) is 0 Å². The zero-order valence-electron chi connectivity index (χ0n) is 17.6. The molecule has 2 aromatic carbocycles. The number of esters is 1. The Labute approximate surface area is 181 Å². The summed E-state index contributed by atoms with van der Waals surface area (Å²) >= 11 is 0. The Morgan fingerprint density at radius 3 is 2.55 bits per heavy atom. The molecular formula is C24H27N3O4. The van der Waals surface area contributed by atoms with Crippen LogP contribution < -0.4 is 0 Å². The number of aromatic nitrogens is 2. The molecule has 3 aromatic rings. The largest absolute Gasteiger partial charge is 0.465 e. The van der Waals surface area contributed by atoms with E-state index in [-0.39, 0.29) is 12.1 Å². The van der Waals surface area contributed by atoms with Crippen molar-refractivity contribution in [3.8, 4) is 11.4 Å². The van der Waals surface area contributed by atoms with Crippen molar-refractivity contribution in [2.24, 2.45) is 5.92 Å². The molecule has 0 saturated carbocycles. The second-order valence-corrected chi connectivity index (χ2v) is 7.95. The maximum Gasteiger partial charge on any atom is 0.337 e. The van der Waals surface area contributed by atoms with Gasteiger partial charge in [0.15, 0.2) is 0 Å². The van der Waals surface area contributed by atoms with Crippen molar-refractivity contribution < 1.29 is 19.2 Å². The highest BCUT2D eigenvalue weighted by Crippen LogP contribution is 2.24. The average Bonchev–Trinajstić information content (AvgIpc) is 3.28. The normalized spacial score (nSPS) is 16.2. The highest BCUT2D eigenvalue weighted by atomic mass is 16.5. The lowest BCUT2D eigenvalue weighted by molar-refractivity contribution is 0.0546. The van der Waals surface area contributed by atoms with E-state index >= 15 is 0 Å². The van der Waals surface area contributed by atoms with E-state index in [4.69, 9.17) is 9.26 Å². The Bertz CT molecular complexity index is 980. The van der Waals surface area contributed by atoms with Crippen molar-refractivity contribution in [1.29, 1.82) is 0 Å². The van der Waals surface area contributed by atoms with Crippen LogP contribution in [0.1, 0.15) is 34.7 Å². The molecule has 2 heterocycles. The molecule has 1 aliphatic rings. The van der Waals surface area contributed by atoms with Crippen LogP contribution in [0.25, 0.3) is 11.4 Å². The monoisotopic (exact) mass is 421 g/mol. The highest BCUT2D eigenvalue weighted by molar-refractivity contribution is 5.89. The summed E-state index contributed by atoms with van der Waals surface area (Å²) < 4.78 is 10.1.